The number of hydrogen-bond acceptors (Lipinski definition) is 3. The first-order valence-electron chi connectivity index (χ1n) is 7.18. The zero-order valence-corrected chi connectivity index (χ0v) is 15.0. The van der Waals surface area contributed by atoms with E-state index in [2.05, 4.69) is 45.9 Å². The molecule has 21 heavy (non-hydrogen) atoms. The van der Waals surface area contributed by atoms with Gasteiger partial charge in [0.1, 0.15) is 6.04 Å². The van der Waals surface area contributed by atoms with Crippen LogP contribution in [0.5, 0.6) is 0 Å². The van der Waals surface area contributed by atoms with Crippen LogP contribution in [0.2, 0.25) is 0 Å². The molecule has 1 rings (SSSR count). The highest BCUT2D eigenvalue weighted by atomic mass is 35.5. The lowest BCUT2D eigenvalue weighted by molar-refractivity contribution is -0.146. The first-order chi connectivity index (χ1) is 9.31. The van der Waals surface area contributed by atoms with Gasteiger partial charge in [0, 0.05) is 0 Å². The zero-order valence-electron chi connectivity index (χ0n) is 14.1. The molecule has 0 aliphatic heterocycles. The summed E-state index contributed by atoms with van der Waals surface area (Å²) in [7, 11) is 5.29. The predicted molar refractivity (Wildman–Crippen MR) is 90.3 cm³/mol. The van der Waals surface area contributed by atoms with Crippen molar-refractivity contribution in [2.24, 2.45) is 0 Å². The molecular formula is C17H28ClNO2. The zero-order chi connectivity index (χ0) is 15.4. The Morgan fingerprint density at radius 3 is 1.76 bits per heavy atom. The summed E-state index contributed by atoms with van der Waals surface area (Å²) in [5.74, 6) is 0.539. The number of rotatable bonds is 5. The summed E-state index contributed by atoms with van der Waals surface area (Å²) in [5.41, 5.74) is 3.55. The molecule has 0 saturated carbocycles. The van der Waals surface area contributed by atoms with Crippen molar-refractivity contribution in [2.45, 2.75) is 45.6 Å². The normalized spacial score (nSPS) is 12.5. The predicted octanol–water partition coefficient (Wildman–Crippen LogP) is 4.13. The van der Waals surface area contributed by atoms with E-state index in [1.807, 2.05) is 19.0 Å². The number of benzene rings is 1. The van der Waals surface area contributed by atoms with Crippen LogP contribution in [-0.4, -0.2) is 32.1 Å². The lowest BCUT2D eigenvalue weighted by atomic mass is 9.84. The summed E-state index contributed by atoms with van der Waals surface area (Å²) in [4.78, 5) is 14.2. The van der Waals surface area contributed by atoms with E-state index in [1.54, 1.807) is 0 Å². The van der Waals surface area contributed by atoms with E-state index in [0.717, 1.165) is 5.56 Å². The molecule has 0 spiro atoms. The molecule has 0 aromatic heterocycles. The molecule has 0 aliphatic rings. The number of halogens is 1. The Morgan fingerprint density at radius 1 is 1.05 bits per heavy atom. The van der Waals surface area contributed by atoms with Crippen LogP contribution in [0.25, 0.3) is 0 Å². The topological polar surface area (TPSA) is 29.5 Å². The Morgan fingerprint density at radius 2 is 1.48 bits per heavy atom. The summed E-state index contributed by atoms with van der Waals surface area (Å²) >= 11 is 0. The van der Waals surface area contributed by atoms with E-state index in [4.69, 9.17) is 4.74 Å². The molecule has 1 atom stereocenters. The molecular weight excluding hydrogens is 286 g/mol. The van der Waals surface area contributed by atoms with Crippen molar-refractivity contribution in [1.29, 1.82) is 0 Å². The van der Waals surface area contributed by atoms with Gasteiger partial charge in [0.25, 0.3) is 0 Å². The third kappa shape index (κ3) is 4.45. The Hall–Kier alpha value is -1.06. The third-order valence-corrected chi connectivity index (χ3v) is 3.63. The van der Waals surface area contributed by atoms with E-state index in [0.29, 0.717) is 11.8 Å². The van der Waals surface area contributed by atoms with Crippen LogP contribution in [0.3, 0.4) is 0 Å². The van der Waals surface area contributed by atoms with Gasteiger partial charge in [-0.3, -0.25) is 4.90 Å². The fraction of sp³-hybridized carbons (Fsp3) is 0.588. The van der Waals surface area contributed by atoms with Gasteiger partial charge in [0.05, 0.1) is 7.11 Å². The average molecular weight is 314 g/mol. The summed E-state index contributed by atoms with van der Waals surface area (Å²) < 4.78 is 5.02. The van der Waals surface area contributed by atoms with Gasteiger partial charge in [-0.1, -0.05) is 45.9 Å². The first-order valence-corrected chi connectivity index (χ1v) is 7.18. The molecule has 0 unspecified atom stereocenters. The quantitative estimate of drug-likeness (QED) is 0.765. The van der Waals surface area contributed by atoms with Crippen molar-refractivity contribution < 1.29 is 9.53 Å². The Bertz CT molecular complexity index is 444. The van der Waals surface area contributed by atoms with E-state index in [9.17, 15) is 4.79 Å². The van der Waals surface area contributed by atoms with Crippen molar-refractivity contribution >= 4 is 18.4 Å². The van der Waals surface area contributed by atoms with Crippen molar-refractivity contribution in [1.82, 2.24) is 4.90 Å². The standard InChI is InChI=1S/C17H27NO2.ClH/c1-11(2)13-9-8-10-14(12(3)4)15(13)16(18(5)6)17(19)20-7;/h8-12,16H,1-7H3;1H/t16-;/m0./s1. The summed E-state index contributed by atoms with van der Waals surface area (Å²) in [6, 6.07) is 5.96. The highest BCUT2D eigenvalue weighted by Crippen LogP contribution is 2.34. The van der Waals surface area contributed by atoms with Gasteiger partial charge in [0.2, 0.25) is 0 Å². The number of hydrogen-bond donors (Lipinski definition) is 0. The van der Waals surface area contributed by atoms with Crippen molar-refractivity contribution in [2.75, 3.05) is 21.2 Å². The van der Waals surface area contributed by atoms with Gasteiger partial charge < -0.3 is 4.74 Å². The van der Waals surface area contributed by atoms with Gasteiger partial charge in [-0.25, -0.2) is 4.79 Å². The maximum absolute atomic E-state index is 12.2. The minimum absolute atomic E-state index is 0. The Balaban J connectivity index is 0.00000400. The van der Waals surface area contributed by atoms with E-state index < -0.39 is 0 Å². The molecule has 1 aromatic carbocycles. The van der Waals surface area contributed by atoms with Gasteiger partial charge in [-0.2, -0.15) is 0 Å². The Labute approximate surface area is 135 Å². The highest BCUT2D eigenvalue weighted by molar-refractivity contribution is 5.85. The smallest absolute Gasteiger partial charge is 0.327 e. The molecule has 0 saturated heterocycles. The summed E-state index contributed by atoms with van der Waals surface area (Å²) in [5, 5.41) is 0. The second-order valence-electron chi connectivity index (χ2n) is 6.05. The van der Waals surface area contributed by atoms with E-state index in [-0.39, 0.29) is 24.4 Å². The van der Waals surface area contributed by atoms with Crippen molar-refractivity contribution in [3.8, 4) is 0 Å². The summed E-state index contributed by atoms with van der Waals surface area (Å²) in [6.07, 6.45) is 0. The minimum Gasteiger partial charge on any atom is -0.468 e. The number of ether oxygens (including phenoxy) is 1. The molecule has 3 nitrogen and oxygen atoms in total. The van der Waals surface area contributed by atoms with Crippen molar-refractivity contribution in [3.63, 3.8) is 0 Å². The van der Waals surface area contributed by atoms with Gasteiger partial charge >= 0.3 is 5.97 Å². The average Bonchev–Trinajstić information content (AvgIpc) is 2.37. The number of carbonyl (C=O) groups is 1. The first kappa shape index (κ1) is 19.9. The molecule has 0 aliphatic carbocycles. The van der Waals surface area contributed by atoms with Crippen LogP contribution >= 0.6 is 12.4 Å². The fourth-order valence-corrected chi connectivity index (χ4v) is 2.62. The number of nitrogens with zero attached hydrogens (tertiary/aromatic N) is 1. The monoisotopic (exact) mass is 313 g/mol. The maximum atomic E-state index is 12.2. The molecule has 0 radical (unpaired) electrons. The molecule has 1 aromatic rings. The molecule has 120 valence electrons. The molecule has 0 fully saturated rings. The lowest BCUT2D eigenvalue weighted by Crippen LogP contribution is -2.31. The Kier molecular flexibility index (Phi) is 7.98. The largest absolute Gasteiger partial charge is 0.468 e. The fourth-order valence-electron chi connectivity index (χ4n) is 2.62. The van der Waals surface area contributed by atoms with E-state index >= 15 is 0 Å². The minimum atomic E-state index is -0.351. The third-order valence-electron chi connectivity index (χ3n) is 3.63. The van der Waals surface area contributed by atoms with Crippen LogP contribution in [0.1, 0.15) is 62.3 Å². The number of likely N-dealkylation sites (N-methyl/N-ethyl adjacent to an activating group) is 1. The van der Waals surface area contributed by atoms with Crippen LogP contribution in [0.15, 0.2) is 18.2 Å². The van der Waals surface area contributed by atoms with Crippen LogP contribution < -0.4 is 0 Å². The van der Waals surface area contributed by atoms with Crippen molar-refractivity contribution in [3.05, 3.63) is 34.9 Å². The van der Waals surface area contributed by atoms with Gasteiger partial charge in [-0.15, -0.1) is 12.4 Å². The number of methoxy groups -OCH3 is 1. The second kappa shape index (κ2) is 8.40. The SMILES string of the molecule is COC(=O)[C@H](c1c(C(C)C)cccc1C(C)C)N(C)C.Cl. The van der Waals surface area contributed by atoms with Crippen LogP contribution in [0.4, 0.5) is 0 Å². The lowest BCUT2D eigenvalue weighted by Gasteiger charge is -2.29. The molecule has 0 N–H and O–H groups in total. The van der Waals surface area contributed by atoms with Gasteiger partial charge in [0.15, 0.2) is 0 Å². The number of esters is 1. The number of carbonyl (C=O) groups excluding carboxylic acids is 1. The highest BCUT2D eigenvalue weighted by Gasteiger charge is 2.29. The molecule has 0 amide bonds. The van der Waals surface area contributed by atoms with Gasteiger partial charge in [-0.05, 0) is 42.6 Å². The van der Waals surface area contributed by atoms with E-state index in [1.165, 1.54) is 18.2 Å². The van der Waals surface area contributed by atoms with Crippen LogP contribution in [-0.2, 0) is 9.53 Å². The molecule has 0 bridgehead atoms. The van der Waals surface area contributed by atoms with Crippen LogP contribution in [0, 0.1) is 0 Å². The molecule has 4 heteroatoms. The maximum Gasteiger partial charge on any atom is 0.327 e. The molecule has 0 heterocycles. The second-order valence-corrected chi connectivity index (χ2v) is 6.05. The summed E-state index contributed by atoms with van der Waals surface area (Å²) in [6.45, 7) is 8.64.